The SMILES string of the molecule is C1CSc2nnc(C3CCOCC3)n2N1. The predicted octanol–water partition coefficient (Wildman–Crippen LogP) is 0.821. The molecule has 1 saturated heterocycles. The Morgan fingerprint density at radius 2 is 2.20 bits per heavy atom. The third-order valence-corrected chi connectivity index (χ3v) is 3.78. The van der Waals surface area contributed by atoms with E-state index in [1.807, 2.05) is 0 Å². The Kier molecular flexibility index (Phi) is 2.54. The molecule has 0 spiro atoms. The van der Waals surface area contributed by atoms with E-state index in [9.17, 15) is 0 Å². The van der Waals surface area contributed by atoms with Crippen molar-refractivity contribution in [1.82, 2.24) is 14.9 Å². The maximum atomic E-state index is 5.36. The lowest BCUT2D eigenvalue weighted by molar-refractivity contribution is 0.0829. The molecule has 2 aliphatic rings. The fraction of sp³-hybridized carbons (Fsp3) is 0.778. The van der Waals surface area contributed by atoms with Crippen molar-refractivity contribution in [2.75, 3.05) is 30.9 Å². The monoisotopic (exact) mass is 226 g/mol. The number of nitrogens with zero attached hydrogens (tertiary/aromatic N) is 3. The smallest absolute Gasteiger partial charge is 0.210 e. The van der Waals surface area contributed by atoms with Gasteiger partial charge < -0.3 is 10.2 Å². The van der Waals surface area contributed by atoms with Crippen LogP contribution in [0.1, 0.15) is 24.6 Å². The number of aromatic nitrogens is 3. The molecule has 0 bridgehead atoms. The summed E-state index contributed by atoms with van der Waals surface area (Å²) in [5.41, 5.74) is 3.34. The maximum Gasteiger partial charge on any atom is 0.210 e. The highest BCUT2D eigenvalue weighted by Gasteiger charge is 2.25. The normalized spacial score (nSPS) is 22.1. The van der Waals surface area contributed by atoms with E-state index in [1.165, 1.54) is 0 Å². The van der Waals surface area contributed by atoms with E-state index >= 15 is 0 Å². The average Bonchev–Trinajstić information content (AvgIpc) is 2.74. The molecule has 15 heavy (non-hydrogen) atoms. The molecule has 82 valence electrons. The molecule has 0 radical (unpaired) electrons. The van der Waals surface area contributed by atoms with Gasteiger partial charge in [0, 0.05) is 31.4 Å². The number of nitrogens with one attached hydrogen (secondary N) is 1. The van der Waals surface area contributed by atoms with Gasteiger partial charge >= 0.3 is 0 Å². The highest BCUT2D eigenvalue weighted by molar-refractivity contribution is 7.99. The Labute approximate surface area is 92.6 Å². The number of ether oxygens (including phenoxy) is 1. The van der Waals surface area contributed by atoms with Gasteiger partial charge in [-0.25, -0.2) is 4.68 Å². The summed E-state index contributed by atoms with van der Waals surface area (Å²) in [6.07, 6.45) is 2.12. The number of hydrogen-bond acceptors (Lipinski definition) is 5. The van der Waals surface area contributed by atoms with Gasteiger partial charge in [0.1, 0.15) is 0 Å². The van der Waals surface area contributed by atoms with Crippen LogP contribution in [0, 0.1) is 0 Å². The zero-order valence-corrected chi connectivity index (χ0v) is 9.29. The van der Waals surface area contributed by atoms with Crippen LogP contribution in [-0.2, 0) is 4.74 Å². The van der Waals surface area contributed by atoms with Gasteiger partial charge in [-0.1, -0.05) is 11.8 Å². The van der Waals surface area contributed by atoms with Gasteiger partial charge in [-0.3, -0.25) is 0 Å². The van der Waals surface area contributed by atoms with Crippen LogP contribution in [0.25, 0.3) is 0 Å². The van der Waals surface area contributed by atoms with Crippen LogP contribution < -0.4 is 5.43 Å². The molecule has 1 aromatic rings. The summed E-state index contributed by atoms with van der Waals surface area (Å²) in [5, 5.41) is 9.50. The molecule has 0 amide bonds. The second-order valence-electron chi connectivity index (χ2n) is 3.82. The number of thioether (sulfide) groups is 1. The summed E-state index contributed by atoms with van der Waals surface area (Å²) >= 11 is 1.77. The van der Waals surface area contributed by atoms with Crippen LogP contribution in [-0.4, -0.2) is 40.4 Å². The molecule has 5 nitrogen and oxygen atoms in total. The molecule has 0 aliphatic carbocycles. The quantitative estimate of drug-likeness (QED) is 0.768. The van der Waals surface area contributed by atoms with Crippen molar-refractivity contribution in [1.29, 1.82) is 0 Å². The van der Waals surface area contributed by atoms with E-state index in [4.69, 9.17) is 4.74 Å². The predicted molar refractivity (Wildman–Crippen MR) is 57.8 cm³/mol. The van der Waals surface area contributed by atoms with E-state index < -0.39 is 0 Å². The fourth-order valence-corrected chi connectivity index (χ4v) is 2.80. The topological polar surface area (TPSA) is 52.0 Å². The Morgan fingerprint density at radius 3 is 3.07 bits per heavy atom. The zero-order chi connectivity index (χ0) is 10.1. The van der Waals surface area contributed by atoms with Gasteiger partial charge in [0.05, 0.1) is 0 Å². The molecule has 2 aliphatic heterocycles. The summed E-state index contributed by atoms with van der Waals surface area (Å²) in [5.74, 6) is 2.66. The second kappa shape index (κ2) is 4.02. The Hall–Kier alpha value is -0.750. The maximum absolute atomic E-state index is 5.36. The van der Waals surface area contributed by atoms with Crippen LogP contribution in [0.5, 0.6) is 0 Å². The van der Waals surface area contributed by atoms with Gasteiger partial charge in [0.25, 0.3) is 0 Å². The first-order valence-electron chi connectivity index (χ1n) is 5.35. The summed E-state index contributed by atoms with van der Waals surface area (Å²) < 4.78 is 7.42. The third kappa shape index (κ3) is 1.72. The summed E-state index contributed by atoms with van der Waals surface area (Å²) in [6.45, 7) is 2.69. The van der Waals surface area contributed by atoms with E-state index in [0.29, 0.717) is 5.92 Å². The molecule has 0 saturated carbocycles. The minimum atomic E-state index is 0.506. The van der Waals surface area contributed by atoms with Crippen LogP contribution >= 0.6 is 11.8 Å². The van der Waals surface area contributed by atoms with Gasteiger partial charge in [-0.05, 0) is 12.8 Å². The highest BCUT2D eigenvalue weighted by atomic mass is 32.2. The first kappa shape index (κ1) is 9.47. The number of hydrogen-bond donors (Lipinski definition) is 1. The molecular formula is C9H14N4OS. The van der Waals surface area contributed by atoms with Gasteiger partial charge in [-0.15, -0.1) is 10.2 Å². The van der Waals surface area contributed by atoms with Crippen LogP contribution in [0.4, 0.5) is 0 Å². The van der Waals surface area contributed by atoms with Crippen LogP contribution in [0.2, 0.25) is 0 Å². The summed E-state index contributed by atoms with van der Waals surface area (Å²) in [4.78, 5) is 0. The van der Waals surface area contributed by atoms with Crippen molar-refractivity contribution >= 4 is 11.8 Å². The lowest BCUT2D eigenvalue weighted by Gasteiger charge is -2.24. The molecule has 3 heterocycles. The Morgan fingerprint density at radius 1 is 1.33 bits per heavy atom. The van der Waals surface area contributed by atoms with Crippen molar-refractivity contribution < 1.29 is 4.74 Å². The summed E-state index contributed by atoms with van der Waals surface area (Å²) in [6, 6.07) is 0. The number of fused-ring (bicyclic) bond motifs is 1. The first-order chi connectivity index (χ1) is 7.45. The number of rotatable bonds is 1. The van der Waals surface area contributed by atoms with Crippen molar-refractivity contribution in [3.63, 3.8) is 0 Å². The molecule has 6 heteroatoms. The van der Waals surface area contributed by atoms with Gasteiger partial charge in [0.2, 0.25) is 5.16 Å². The molecule has 1 fully saturated rings. The zero-order valence-electron chi connectivity index (χ0n) is 8.48. The standard InChI is InChI=1S/C9H14N4OS/c1-4-14-5-2-7(1)8-11-12-9-13(8)10-3-6-15-9/h7,10H,1-6H2. The Balaban J connectivity index is 1.87. The largest absolute Gasteiger partial charge is 0.381 e. The lowest BCUT2D eigenvalue weighted by atomic mass is 10.00. The van der Waals surface area contributed by atoms with Crippen molar-refractivity contribution in [2.24, 2.45) is 0 Å². The van der Waals surface area contributed by atoms with Crippen LogP contribution in [0.3, 0.4) is 0 Å². The Bertz CT molecular complexity index is 348. The fourth-order valence-electron chi connectivity index (χ4n) is 2.04. The average molecular weight is 226 g/mol. The molecular weight excluding hydrogens is 212 g/mol. The van der Waals surface area contributed by atoms with E-state index in [0.717, 1.165) is 49.3 Å². The lowest BCUT2D eigenvalue weighted by Crippen LogP contribution is -2.27. The van der Waals surface area contributed by atoms with E-state index in [-0.39, 0.29) is 0 Å². The molecule has 1 aromatic heterocycles. The van der Waals surface area contributed by atoms with Gasteiger partial charge in [-0.2, -0.15) is 0 Å². The van der Waals surface area contributed by atoms with E-state index in [2.05, 4.69) is 20.3 Å². The van der Waals surface area contributed by atoms with E-state index in [1.54, 1.807) is 11.8 Å². The minimum Gasteiger partial charge on any atom is -0.381 e. The first-order valence-corrected chi connectivity index (χ1v) is 6.33. The van der Waals surface area contributed by atoms with Crippen molar-refractivity contribution in [2.45, 2.75) is 23.9 Å². The third-order valence-electron chi connectivity index (χ3n) is 2.85. The summed E-state index contributed by atoms with van der Waals surface area (Å²) in [7, 11) is 0. The van der Waals surface area contributed by atoms with Gasteiger partial charge in [0.15, 0.2) is 5.82 Å². The molecule has 0 unspecified atom stereocenters. The van der Waals surface area contributed by atoms with Crippen molar-refractivity contribution in [3.8, 4) is 0 Å². The second-order valence-corrected chi connectivity index (χ2v) is 4.88. The van der Waals surface area contributed by atoms with Crippen LogP contribution in [0.15, 0.2) is 5.16 Å². The molecule has 0 atom stereocenters. The highest BCUT2D eigenvalue weighted by Crippen LogP contribution is 2.28. The minimum absolute atomic E-state index is 0.506. The van der Waals surface area contributed by atoms with Crippen molar-refractivity contribution in [3.05, 3.63) is 5.82 Å². The molecule has 3 rings (SSSR count). The molecule has 1 N–H and O–H groups in total. The molecule has 0 aromatic carbocycles.